The predicted molar refractivity (Wildman–Crippen MR) is 96.0 cm³/mol. The molecule has 3 rings (SSSR count). The largest absolute Gasteiger partial charge is 0.381 e. The maximum Gasteiger partial charge on any atom is 0.227 e. The second-order valence-corrected chi connectivity index (χ2v) is 7.02. The third kappa shape index (κ3) is 4.79. The minimum atomic E-state index is -0.476. The molecule has 0 aromatic heterocycles. The van der Waals surface area contributed by atoms with E-state index in [1.54, 1.807) is 0 Å². The molecule has 3 N–H and O–H groups in total. The first-order valence-electron chi connectivity index (χ1n) is 9.16. The molecule has 2 heterocycles. The Labute approximate surface area is 149 Å². The summed E-state index contributed by atoms with van der Waals surface area (Å²) >= 11 is 0. The molecule has 1 unspecified atom stereocenters. The molecule has 0 spiro atoms. The average Bonchev–Trinajstić information content (AvgIpc) is 2.68. The molecular weight excluding hydrogens is 318 g/mol. The van der Waals surface area contributed by atoms with E-state index in [0.717, 1.165) is 19.6 Å². The van der Waals surface area contributed by atoms with Crippen molar-refractivity contribution in [2.24, 2.45) is 11.1 Å². The number of carbonyl (C=O) groups excluding carboxylic acids is 1. The van der Waals surface area contributed by atoms with Crippen molar-refractivity contribution in [2.45, 2.75) is 25.5 Å². The first-order chi connectivity index (χ1) is 12.2. The summed E-state index contributed by atoms with van der Waals surface area (Å²) < 4.78 is 11.2. The third-order valence-electron chi connectivity index (χ3n) is 5.28. The van der Waals surface area contributed by atoms with Crippen molar-refractivity contribution in [2.75, 3.05) is 46.0 Å². The number of carbonyl (C=O) groups is 1. The fourth-order valence-corrected chi connectivity index (χ4v) is 3.57. The minimum Gasteiger partial charge on any atom is -0.381 e. The van der Waals surface area contributed by atoms with Crippen LogP contribution < -0.4 is 11.1 Å². The number of nitrogens with zero attached hydrogens (tertiary/aromatic N) is 1. The van der Waals surface area contributed by atoms with Gasteiger partial charge in [-0.2, -0.15) is 0 Å². The van der Waals surface area contributed by atoms with Gasteiger partial charge in [-0.25, -0.2) is 0 Å². The van der Waals surface area contributed by atoms with Gasteiger partial charge in [0.1, 0.15) is 0 Å². The number of hydrogen-bond donors (Lipinski definition) is 2. The summed E-state index contributed by atoms with van der Waals surface area (Å²) in [6.07, 6.45) is 1.41. The van der Waals surface area contributed by atoms with Gasteiger partial charge in [0.05, 0.1) is 18.1 Å². The van der Waals surface area contributed by atoms with Gasteiger partial charge in [0, 0.05) is 45.9 Å². The summed E-state index contributed by atoms with van der Waals surface area (Å²) in [6, 6.07) is 10.4. The monoisotopic (exact) mass is 347 g/mol. The zero-order valence-corrected chi connectivity index (χ0v) is 14.8. The molecule has 1 atom stereocenters. The van der Waals surface area contributed by atoms with Gasteiger partial charge >= 0.3 is 0 Å². The van der Waals surface area contributed by atoms with Gasteiger partial charge in [-0.3, -0.25) is 9.69 Å². The van der Waals surface area contributed by atoms with Crippen LogP contribution in [0, 0.1) is 5.41 Å². The average molecular weight is 347 g/mol. The fraction of sp³-hybridized carbons (Fsp3) is 0.632. The zero-order chi connectivity index (χ0) is 17.5. The SMILES string of the molecule is NCC1(C(=O)NCC2CN(Cc3ccccc3)CCO2)CCOCC1. The highest BCUT2D eigenvalue weighted by Crippen LogP contribution is 2.29. The van der Waals surface area contributed by atoms with E-state index < -0.39 is 5.41 Å². The number of rotatable bonds is 6. The Kier molecular flexibility index (Phi) is 6.42. The van der Waals surface area contributed by atoms with Crippen molar-refractivity contribution in [3.8, 4) is 0 Å². The molecule has 0 radical (unpaired) electrons. The summed E-state index contributed by atoms with van der Waals surface area (Å²) in [4.78, 5) is 15.0. The Morgan fingerprint density at radius 1 is 1.24 bits per heavy atom. The van der Waals surface area contributed by atoms with E-state index in [1.807, 2.05) is 6.07 Å². The van der Waals surface area contributed by atoms with Gasteiger partial charge in [-0.1, -0.05) is 30.3 Å². The first kappa shape index (κ1) is 18.3. The van der Waals surface area contributed by atoms with E-state index in [2.05, 4.69) is 34.5 Å². The Morgan fingerprint density at radius 2 is 2.00 bits per heavy atom. The molecule has 6 nitrogen and oxygen atoms in total. The highest BCUT2D eigenvalue weighted by molar-refractivity contribution is 5.83. The molecule has 2 aliphatic heterocycles. The smallest absolute Gasteiger partial charge is 0.227 e. The van der Waals surface area contributed by atoms with Gasteiger partial charge in [-0.05, 0) is 18.4 Å². The molecule has 0 saturated carbocycles. The predicted octanol–water partition coefficient (Wildman–Crippen LogP) is 0.759. The van der Waals surface area contributed by atoms with Gasteiger partial charge in [-0.15, -0.1) is 0 Å². The molecule has 2 fully saturated rings. The number of nitrogens with one attached hydrogen (secondary N) is 1. The van der Waals surface area contributed by atoms with Gasteiger partial charge in [0.15, 0.2) is 0 Å². The van der Waals surface area contributed by atoms with Crippen LogP contribution >= 0.6 is 0 Å². The Balaban J connectivity index is 1.48. The second-order valence-electron chi connectivity index (χ2n) is 7.02. The van der Waals surface area contributed by atoms with Gasteiger partial charge in [0.25, 0.3) is 0 Å². The van der Waals surface area contributed by atoms with Crippen molar-refractivity contribution < 1.29 is 14.3 Å². The molecule has 25 heavy (non-hydrogen) atoms. The van der Waals surface area contributed by atoms with Crippen LogP contribution in [0.2, 0.25) is 0 Å². The van der Waals surface area contributed by atoms with Crippen molar-refractivity contribution in [1.82, 2.24) is 10.2 Å². The molecule has 1 aromatic rings. The van der Waals surface area contributed by atoms with E-state index in [9.17, 15) is 4.79 Å². The lowest BCUT2D eigenvalue weighted by atomic mass is 9.79. The van der Waals surface area contributed by atoms with Crippen molar-refractivity contribution in [3.05, 3.63) is 35.9 Å². The molecular formula is C19H29N3O3. The van der Waals surface area contributed by atoms with Crippen LogP contribution in [0.3, 0.4) is 0 Å². The quantitative estimate of drug-likeness (QED) is 0.794. The van der Waals surface area contributed by atoms with Crippen LogP contribution in [-0.4, -0.2) is 62.9 Å². The molecule has 2 aliphatic rings. The molecule has 0 bridgehead atoms. The van der Waals surface area contributed by atoms with Gasteiger partial charge in [0.2, 0.25) is 5.91 Å². The van der Waals surface area contributed by atoms with Crippen LogP contribution in [0.1, 0.15) is 18.4 Å². The standard InChI is InChI=1S/C19H29N3O3/c20-15-19(6-9-24-10-7-19)18(23)21-12-17-14-22(8-11-25-17)13-16-4-2-1-3-5-16/h1-5,17H,6-15,20H2,(H,21,23). The van der Waals surface area contributed by atoms with Crippen LogP contribution in [0.15, 0.2) is 30.3 Å². The van der Waals surface area contributed by atoms with Gasteiger partial charge < -0.3 is 20.5 Å². The summed E-state index contributed by atoms with van der Waals surface area (Å²) in [5, 5.41) is 3.07. The molecule has 2 saturated heterocycles. The Morgan fingerprint density at radius 3 is 2.72 bits per heavy atom. The Hall–Kier alpha value is -1.47. The highest BCUT2D eigenvalue weighted by Gasteiger charge is 2.39. The van der Waals surface area contributed by atoms with Crippen molar-refractivity contribution >= 4 is 5.91 Å². The molecule has 138 valence electrons. The number of benzene rings is 1. The lowest BCUT2D eigenvalue weighted by Gasteiger charge is -2.36. The topological polar surface area (TPSA) is 76.8 Å². The highest BCUT2D eigenvalue weighted by atomic mass is 16.5. The second kappa shape index (κ2) is 8.76. The number of hydrogen-bond acceptors (Lipinski definition) is 5. The lowest BCUT2D eigenvalue weighted by molar-refractivity contribution is -0.137. The first-order valence-corrected chi connectivity index (χ1v) is 9.16. The molecule has 1 amide bonds. The number of morpholine rings is 1. The van der Waals surface area contributed by atoms with Crippen LogP contribution in [0.5, 0.6) is 0 Å². The van der Waals surface area contributed by atoms with E-state index in [-0.39, 0.29) is 12.0 Å². The van der Waals surface area contributed by atoms with E-state index >= 15 is 0 Å². The lowest BCUT2D eigenvalue weighted by Crippen LogP contribution is -2.53. The zero-order valence-electron chi connectivity index (χ0n) is 14.8. The summed E-state index contributed by atoms with van der Waals surface area (Å²) in [7, 11) is 0. The summed E-state index contributed by atoms with van der Waals surface area (Å²) in [6.45, 7) is 5.48. The van der Waals surface area contributed by atoms with Crippen LogP contribution in [0.25, 0.3) is 0 Å². The van der Waals surface area contributed by atoms with Crippen LogP contribution in [0.4, 0.5) is 0 Å². The van der Waals surface area contributed by atoms with E-state index in [1.165, 1.54) is 5.56 Å². The van der Waals surface area contributed by atoms with E-state index in [0.29, 0.717) is 45.8 Å². The maximum absolute atomic E-state index is 12.7. The Bertz CT molecular complexity index is 546. The number of nitrogens with two attached hydrogens (primary N) is 1. The van der Waals surface area contributed by atoms with E-state index in [4.69, 9.17) is 15.2 Å². The molecule has 6 heteroatoms. The van der Waals surface area contributed by atoms with Crippen molar-refractivity contribution in [1.29, 1.82) is 0 Å². The van der Waals surface area contributed by atoms with Crippen LogP contribution in [-0.2, 0) is 20.8 Å². The normalized spacial score (nSPS) is 24.0. The van der Waals surface area contributed by atoms with Crippen molar-refractivity contribution in [3.63, 3.8) is 0 Å². The third-order valence-corrected chi connectivity index (χ3v) is 5.28. The maximum atomic E-state index is 12.7. The fourth-order valence-electron chi connectivity index (χ4n) is 3.57. The summed E-state index contributed by atoms with van der Waals surface area (Å²) in [5.74, 6) is 0.0436. The number of amides is 1. The molecule has 1 aromatic carbocycles. The number of ether oxygens (including phenoxy) is 2. The summed E-state index contributed by atoms with van der Waals surface area (Å²) in [5.41, 5.74) is 6.73. The molecule has 0 aliphatic carbocycles. The minimum absolute atomic E-state index is 0.0241.